The van der Waals surface area contributed by atoms with E-state index in [0.717, 1.165) is 38.2 Å². The van der Waals surface area contributed by atoms with Gasteiger partial charge in [0.25, 0.3) is 0 Å². The lowest BCUT2D eigenvalue weighted by Crippen LogP contribution is -2.33. The number of benzene rings is 1. The van der Waals surface area contributed by atoms with Crippen LogP contribution in [0, 0.1) is 30.6 Å². The van der Waals surface area contributed by atoms with Crippen LogP contribution in [0.1, 0.15) is 30.4 Å². The van der Waals surface area contributed by atoms with Gasteiger partial charge >= 0.3 is 6.18 Å². The Labute approximate surface area is 167 Å². The average molecular weight is 410 g/mol. The number of halogens is 3. The van der Waals surface area contributed by atoms with Crippen LogP contribution in [0.3, 0.4) is 0 Å². The van der Waals surface area contributed by atoms with Crippen LogP contribution in [-0.4, -0.2) is 43.0 Å². The van der Waals surface area contributed by atoms with E-state index in [1.165, 1.54) is 6.07 Å². The Hall–Kier alpha value is -2.09. The van der Waals surface area contributed by atoms with Crippen molar-refractivity contribution >= 4 is 17.5 Å². The van der Waals surface area contributed by atoms with Gasteiger partial charge in [-0.2, -0.15) is 13.2 Å². The van der Waals surface area contributed by atoms with E-state index in [1.807, 2.05) is 4.90 Å². The second-order valence-electron chi connectivity index (χ2n) is 8.44. The van der Waals surface area contributed by atoms with Gasteiger partial charge in [-0.05, 0) is 61.3 Å². The van der Waals surface area contributed by atoms with E-state index in [2.05, 4.69) is 5.32 Å². The molecule has 1 aliphatic carbocycles. The lowest BCUT2D eigenvalue weighted by Gasteiger charge is -2.20. The first kappa shape index (κ1) is 20.2. The van der Waals surface area contributed by atoms with Crippen LogP contribution in [0.4, 0.5) is 18.9 Å². The quantitative estimate of drug-likeness (QED) is 0.809. The van der Waals surface area contributed by atoms with Crippen LogP contribution < -0.4 is 5.32 Å². The fourth-order valence-corrected chi connectivity index (χ4v) is 4.61. The van der Waals surface area contributed by atoms with Crippen molar-refractivity contribution in [1.82, 2.24) is 4.90 Å². The topological polar surface area (TPSA) is 58.6 Å². The molecule has 2 heterocycles. The number of fused-ring (bicyclic) bond motifs is 1. The second kappa shape index (κ2) is 7.63. The summed E-state index contributed by atoms with van der Waals surface area (Å²) in [5, 5.41) is 2.76. The van der Waals surface area contributed by atoms with Crippen molar-refractivity contribution in [3.63, 3.8) is 0 Å². The molecule has 8 heteroatoms. The van der Waals surface area contributed by atoms with Crippen LogP contribution in [-0.2, 0) is 20.5 Å². The van der Waals surface area contributed by atoms with Gasteiger partial charge in [0.1, 0.15) is 0 Å². The molecule has 0 aromatic heterocycles. The van der Waals surface area contributed by atoms with Gasteiger partial charge in [0, 0.05) is 44.3 Å². The molecule has 2 saturated heterocycles. The molecule has 0 unspecified atom stereocenters. The summed E-state index contributed by atoms with van der Waals surface area (Å²) in [7, 11) is 0. The molecule has 2 aliphatic heterocycles. The Bertz CT molecular complexity index is 793. The molecule has 3 atom stereocenters. The zero-order chi connectivity index (χ0) is 20.8. The summed E-state index contributed by atoms with van der Waals surface area (Å²) < 4.78 is 43.7. The Morgan fingerprint density at radius 3 is 2.55 bits per heavy atom. The van der Waals surface area contributed by atoms with Crippen molar-refractivity contribution in [3.8, 4) is 0 Å². The van der Waals surface area contributed by atoms with Crippen LogP contribution in [0.5, 0.6) is 0 Å². The van der Waals surface area contributed by atoms with Crippen molar-refractivity contribution < 1.29 is 27.5 Å². The molecule has 0 bridgehead atoms. The van der Waals surface area contributed by atoms with E-state index in [4.69, 9.17) is 4.74 Å². The monoisotopic (exact) mass is 410 g/mol. The molecule has 0 radical (unpaired) electrons. The number of rotatable bonds is 5. The minimum Gasteiger partial charge on any atom is -0.381 e. The molecule has 4 rings (SSSR count). The Morgan fingerprint density at radius 2 is 1.97 bits per heavy atom. The highest BCUT2D eigenvalue weighted by Crippen LogP contribution is 2.52. The predicted octanol–water partition coefficient (Wildman–Crippen LogP) is 3.47. The SMILES string of the molecule is Cc1cc(C(F)(F)F)ccc1NC(=O)C1[C@@H]2CN(C(=O)CC[C@H]3CCOC3)C[C@@H]12. The molecule has 5 nitrogen and oxygen atoms in total. The highest BCUT2D eigenvalue weighted by Gasteiger charge is 2.60. The fourth-order valence-electron chi connectivity index (χ4n) is 4.61. The third kappa shape index (κ3) is 4.27. The number of anilines is 1. The molecular weight excluding hydrogens is 385 g/mol. The molecule has 29 heavy (non-hydrogen) atoms. The van der Waals surface area contributed by atoms with Crippen LogP contribution in [0.15, 0.2) is 18.2 Å². The highest BCUT2D eigenvalue weighted by atomic mass is 19.4. The molecule has 3 aliphatic rings. The molecule has 2 amide bonds. The first-order valence-corrected chi connectivity index (χ1v) is 10.1. The Kier molecular flexibility index (Phi) is 5.31. The van der Waals surface area contributed by atoms with E-state index in [1.54, 1.807) is 6.92 Å². The number of likely N-dealkylation sites (tertiary alicyclic amines) is 1. The number of nitrogens with one attached hydrogen (secondary N) is 1. The Balaban J connectivity index is 1.26. The van der Waals surface area contributed by atoms with E-state index < -0.39 is 11.7 Å². The van der Waals surface area contributed by atoms with E-state index in [-0.39, 0.29) is 29.6 Å². The number of nitrogens with zero attached hydrogens (tertiary/aromatic N) is 1. The number of piperidine rings is 1. The zero-order valence-corrected chi connectivity index (χ0v) is 16.3. The number of alkyl halides is 3. The minimum absolute atomic E-state index is 0.141. The molecule has 1 aromatic carbocycles. The van der Waals surface area contributed by atoms with Crippen molar-refractivity contribution in [2.75, 3.05) is 31.6 Å². The van der Waals surface area contributed by atoms with Crippen LogP contribution >= 0.6 is 0 Å². The lowest BCUT2D eigenvalue weighted by atomic mass is 10.0. The van der Waals surface area contributed by atoms with Gasteiger partial charge in [-0.25, -0.2) is 0 Å². The van der Waals surface area contributed by atoms with E-state index in [0.29, 0.717) is 36.7 Å². The molecule has 1 N–H and O–H groups in total. The number of carbonyl (C=O) groups is 2. The summed E-state index contributed by atoms with van der Waals surface area (Å²) in [5.74, 6) is 0.595. The number of amides is 2. The molecule has 1 aromatic rings. The summed E-state index contributed by atoms with van der Waals surface area (Å²) in [5.41, 5.74) is 0.0565. The fraction of sp³-hybridized carbons (Fsp3) is 0.619. The number of ether oxygens (including phenoxy) is 1. The maximum atomic E-state index is 12.8. The van der Waals surface area contributed by atoms with Crippen molar-refractivity contribution in [3.05, 3.63) is 29.3 Å². The van der Waals surface area contributed by atoms with Crippen molar-refractivity contribution in [2.24, 2.45) is 23.7 Å². The molecule has 0 spiro atoms. The standard InChI is InChI=1S/C21H25F3N2O3/c1-12-8-14(21(22,23)24)3-4-17(12)25-20(28)19-15-9-26(10-16(15)19)18(27)5-2-13-6-7-29-11-13/h3-4,8,13,15-16,19H,2,5-7,9-11H2,1H3,(H,25,28)/t13-,15+,16+/m0/s1. The molecule has 158 valence electrons. The number of hydrogen-bond acceptors (Lipinski definition) is 3. The average Bonchev–Trinajstić information content (AvgIpc) is 3.05. The summed E-state index contributed by atoms with van der Waals surface area (Å²) in [6.07, 6.45) is -2.01. The maximum Gasteiger partial charge on any atom is 0.416 e. The van der Waals surface area contributed by atoms with Gasteiger partial charge in [-0.15, -0.1) is 0 Å². The molecular formula is C21H25F3N2O3. The molecule has 3 fully saturated rings. The van der Waals surface area contributed by atoms with Crippen LogP contribution in [0.2, 0.25) is 0 Å². The summed E-state index contributed by atoms with van der Waals surface area (Å²) in [4.78, 5) is 26.8. The lowest BCUT2D eigenvalue weighted by molar-refractivity contribution is -0.137. The maximum absolute atomic E-state index is 12.8. The first-order chi connectivity index (χ1) is 13.7. The Morgan fingerprint density at radius 1 is 1.24 bits per heavy atom. The highest BCUT2D eigenvalue weighted by molar-refractivity contribution is 5.96. The van der Waals surface area contributed by atoms with Gasteiger partial charge in [0.2, 0.25) is 11.8 Å². The van der Waals surface area contributed by atoms with Gasteiger partial charge in [0.05, 0.1) is 5.56 Å². The molecule has 1 saturated carbocycles. The first-order valence-electron chi connectivity index (χ1n) is 10.1. The smallest absolute Gasteiger partial charge is 0.381 e. The normalized spacial score (nSPS) is 28.3. The number of aryl methyl sites for hydroxylation is 1. The van der Waals surface area contributed by atoms with Gasteiger partial charge in [-0.3, -0.25) is 9.59 Å². The van der Waals surface area contributed by atoms with E-state index in [9.17, 15) is 22.8 Å². The largest absolute Gasteiger partial charge is 0.416 e. The van der Waals surface area contributed by atoms with Gasteiger partial charge in [-0.1, -0.05) is 0 Å². The third-order valence-corrected chi connectivity index (χ3v) is 6.45. The van der Waals surface area contributed by atoms with Crippen molar-refractivity contribution in [2.45, 2.75) is 32.4 Å². The summed E-state index contributed by atoms with van der Waals surface area (Å²) in [6, 6.07) is 3.32. The number of hydrogen-bond donors (Lipinski definition) is 1. The number of carbonyl (C=O) groups excluding carboxylic acids is 2. The van der Waals surface area contributed by atoms with Crippen molar-refractivity contribution in [1.29, 1.82) is 0 Å². The zero-order valence-electron chi connectivity index (χ0n) is 16.3. The third-order valence-electron chi connectivity index (χ3n) is 6.45. The van der Waals surface area contributed by atoms with E-state index >= 15 is 0 Å². The van der Waals surface area contributed by atoms with Crippen LogP contribution in [0.25, 0.3) is 0 Å². The second-order valence-corrected chi connectivity index (χ2v) is 8.44. The minimum atomic E-state index is -4.40. The summed E-state index contributed by atoms with van der Waals surface area (Å²) in [6.45, 7) is 4.25. The predicted molar refractivity (Wildman–Crippen MR) is 100 cm³/mol. The summed E-state index contributed by atoms with van der Waals surface area (Å²) >= 11 is 0. The van der Waals surface area contributed by atoms with Gasteiger partial charge < -0.3 is 15.0 Å². The van der Waals surface area contributed by atoms with Gasteiger partial charge in [0.15, 0.2) is 0 Å².